The van der Waals surface area contributed by atoms with Gasteiger partial charge in [0.15, 0.2) is 5.69 Å². The number of hydrogen-bond acceptors (Lipinski definition) is 3. The minimum absolute atomic E-state index is 0.0347. The van der Waals surface area contributed by atoms with E-state index in [1.165, 1.54) is 6.07 Å². The molecular formula is C14H12N4O2. The molecule has 0 aliphatic rings. The molecule has 0 bridgehead atoms. The van der Waals surface area contributed by atoms with Gasteiger partial charge in [-0.15, -0.1) is 0 Å². The van der Waals surface area contributed by atoms with Crippen molar-refractivity contribution in [2.75, 3.05) is 0 Å². The summed E-state index contributed by atoms with van der Waals surface area (Å²) >= 11 is 0. The molecule has 6 heteroatoms. The van der Waals surface area contributed by atoms with Crippen LogP contribution in [0.4, 0.5) is 0 Å². The predicted octanol–water partition coefficient (Wildman–Crippen LogP) is 1.82. The van der Waals surface area contributed by atoms with Crippen molar-refractivity contribution in [2.45, 2.75) is 6.54 Å². The topological polar surface area (TPSA) is 72.9 Å². The van der Waals surface area contributed by atoms with Crippen LogP contribution in [0.1, 0.15) is 16.2 Å². The monoisotopic (exact) mass is 268 g/mol. The van der Waals surface area contributed by atoms with Gasteiger partial charge < -0.3 is 5.11 Å². The largest absolute Gasteiger partial charge is 0.476 e. The SMILES string of the molecule is O=C(O)c1ccn(Cc2ccn(-c3ccccc3)n2)n1. The van der Waals surface area contributed by atoms with Crippen molar-refractivity contribution in [1.29, 1.82) is 0 Å². The molecule has 0 radical (unpaired) electrons. The Kier molecular flexibility index (Phi) is 3.04. The van der Waals surface area contributed by atoms with Gasteiger partial charge in [-0.25, -0.2) is 9.48 Å². The second-order valence-electron chi connectivity index (χ2n) is 4.29. The minimum Gasteiger partial charge on any atom is -0.476 e. The molecular weight excluding hydrogens is 256 g/mol. The number of carboxylic acid groups (broad SMARTS) is 1. The molecule has 0 saturated heterocycles. The quantitative estimate of drug-likeness (QED) is 0.783. The van der Waals surface area contributed by atoms with Gasteiger partial charge in [0, 0.05) is 12.4 Å². The van der Waals surface area contributed by atoms with E-state index in [2.05, 4.69) is 10.2 Å². The molecule has 1 aromatic carbocycles. The van der Waals surface area contributed by atoms with Crippen molar-refractivity contribution < 1.29 is 9.90 Å². The summed E-state index contributed by atoms with van der Waals surface area (Å²) in [5.41, 5.74) is 1.83. The average Bonchev–Trinajstić information content (AvgIpc) is 3.10. The van der Waals surface area contributed by atoms with Gasteiger partial charge in [-0.05, 0) is 24.3 Å². The third-order valence-electron chi connectivity index (χ3n) is 2.85. The zero-order valence-electron chi connectivity index (χ0n) is 10.5. The number of rotatable bonds is 4. The van der Waals surface area contributed by atoms with E-state index in [9.17, 15) is 4.79 Å². The van der Waals surface area contributed by atoms with E-state index in [0.717, 1.165) is 11.4 Å². The van der Waals surface area contributed by atoms with Crippen LogP contribution < -0.4 is 0 Å². The van der Waals surface area contributed by atoms with Gasteiger partial charge in [0.1, 0.15) is 0 Å². The number of nitrogens with zero attached hydrogens (tertiary/aromatic N) is 4. The van der Waals surface area contributed by atoms with Gasteiger partial charge in [-0.3, -0.25) is 4.68 Å². The smallest absolute Gasteiger partial charge is 0.356 e. The molecule has 6 nitrogen and oxygen atoms in total. The number of aromatic nitrogens is 4. The van der Waals surface area contributed by atoms with Crippen LogP contribution in [-0.4, -0.2) is 30.6 Å². The molecule has 0 aliphatic carbocycles. The van der Waals surface area contributed by atoms with Crippen LogP contribution in [0, 0.1) is 0 Å². The van der Waals surface area contributed by atoms with Crippen molar-refractivity contribution in [1.82, 2.24) is 19.6 Å². The molecule has 0 spiro atoms. The lowest BCUT2D eigenvalue weighted by atomic mass is 10.3. The summed E-state index contributed by atoms with van der Waals surface area (Å²) in [6, 6.07) is 13.1. The van der Waals surface area contributed by atoms with Crippen LogP contribution in [0.2, 0.25) is 0 Å². The first-order valence-corrected chi connectivity index (χ1v) is 6.09. The second kappa shape index (κ2) is 5.00. The van der Waals surface area contributed by atoms with E-state index in [-0.39, 0.29) is 5.69 Å². The number of para-hydroxylation sites is 1. The molecule has 1 N–H and O–H groups in total. The molecule has 0 atom stereocenters. The fourth-order valence-electron chi connectivity index (χ4n) is 1.90. The first-order valence-electron chi connectivity index (χ1n) is 6.09. The maximum Gasteiger partial charge on any atom is 0.356 e. The van der Waals surface area contributed by atoms with Crippen LogP contribution in [0.5, 0.6) is 0 Å². The third-order valence-corrected chi connectivity index (χ3v) is 2.85. The molecule has 0 amide bonds. The molecule has 2 aromatic heterocycles. The van der Waals surface area contributed by atoms with E-state index < -0.39 is 5.97 Å². The van der Waals surface area contributed by atoms with Gasteiger partial charge in [-0.2, -0.15) is 10.2 Å². The Bertz CT molecular complexity index is 730. The van der Waals surface area contributed by atoms with Gasteiger partial charge in [0.2, 0.25) is 0 Å². The zero-order valence-corrected chi connectivity index (χ0v) is 10.5. The molecule has 3 aromatic rings. The number of benzene rings is 1. The van der Waals surface area contributed by atoms with Crippen molar-refractivity contribution in [2.24, 2.45) is 0 Å². The van der Waals surface area contributed by atoms with Crippen LogP contribution >= 0.6 is 0 Å². The maximum atomic E-state index is 10.8. The standard InChI is InChI=1S/C14H12N4O2/c19-14(20)13-7-8-17(16-13)10-11-6-9-18(15-11)12-4-2-1-3-5-12/h1-9H,10H2,(H,19,20). The van der Waals surface area contributed by atoms with Gasteiger partial charge in [-0.1, -0.05) is 18.2 Å². The second-order valence-corrected chi connectivity index (χ2v) is 4.29. The first kappa shape index (κ1) is 12.2. The third kappa shape index (κ3) is 2.44. The summed E-state index contributed by atoms with van der Waals surface area (Å²) in [5, 5.41) is 17.2. The summed E-state index contributed by atoms with van der Waals surface area (Å²) in [4.78, 5) is 10.8. The van der Waals surface area contributed by atoms with E-state index >= 15 is 0 Å². The summed E-state index contributed by atoms with van der Waals surface area (Å²) in [7, 11) is 0. The van der Waals surface area contributed by atoms with Crippen LogP contribution in [0.25, 0.3) is 5.69 Å². The molecule has 20 heavy (non-hydrogen) atoms. The van der Waals surface area contributed by atoms with Gasteiger partial charge in [0.25, 0.3) is 0 Å². The summed E-state index contributed by atoms with van der Waals surface area (Å²) in [5.74, 6) is -1.03. The van der Waals surface area contributed by atoms with Gasteiger partial charge in [0.05, 0.1) is 17.9 Å². The molecule has 0 saturated carbocycles. The Morgan fingerprint density at radius 1 is 1.05 bits per heavy atom. The van der Waals surface area contributed by atoms with E-state index in [4.69, 9.17) is 5.11 Å². The number of hydrogen-bond donors (Lipinski definition) is 1. The Morgan fingerprint density at radius 3 is 2.55 bits per heavy atom. The van der Waals surface area contributed by atoms with Crippen LogP contribution in [0.3, 0.4) is 0 Å². The van der Waals surface area contributed by atoms with Crippen LogP contribution in [-0.2, 0) is 6.54 Å². The summed E-state index contributed by atoms with van der Waals surface area (Å²) < 4.78 is 3.33. The first-order chi connectivity index (χ1) is 9.72. The fourth-order valence-corrected chi connectivity index (χ4v) is 1.90. The predicted molar refractivity (Wildman–Crippen MR) is 71.9 cm³/mol. The molecule has 100 valence electrons. The lowest BCUT2D eigenvalue weighted by Crippen LogP contribution is -2.05. The zero-order chi connectivity index (χ0) is 13.9. The van der Waals surface area contributed by atoms with Crippen LogP contribution in [0.15, 0.2) is 54.9 Å². The summed E-state index contributed by atoms with van der Waals surface area (Å²) in [6.07, 6.45) is 3.50. The lowest BCUT2D eigenvalue weighted by Gasteiger charge is -2.00. The number of carboxylic acids is 1. The minimum atomic E-state index is -1.03. The molecule has 3 rings (SSSR count). The molecule has 2 heterocycles. The van der Waals surface area contributed by atoms with E-state index in [1.54, 1.807) is 15.6 Å². The molecule has 0 fully saturated rings. The van der Waals surface area contributed by atoms with Gasteiger partial charge >= 0.3 is 5.97 Å². The Hall–Kier alpha value is -2.89. The Morgan fingerprint density at radius 2 is 1.85 bits per heavy atom. The Balaban J connectivity index is 1.78. The highest BCUT2D eigenvalue weighted by Gasteiger charge is 2.08. The molecule has 0 aliphatic heterocycles. The van der Waals surface area contributed by atoms with Crippen molar-refractivity contribution in [3.05, 3.63) is 66.2 Å². The molecule has 0 unspecified atom stereocenters. The highest BCUT2D eigenvalue weighted by atomic mass is 16.4. The number of carbonyl (C=O) groups is 1. The highest BCUT2D eigenvalue weighted by molar-refractivity contribution is 5.85. The van der Waals surface area contributed by atoms with Crippen molar-refractivity contribution in [3.8, 4) is 5.69 Å². The summed E-state index contributed by atoms with van der Waals surface area (Å²) in [6.45, 7) is 0.438. The van der Waals surface area contributed by atoms with E-state index in [0.29, 0.717) is 6.54 Å². The van der Waals surface area contributed by atoms with Crippen molar-refractivity contribution in [3.63, 3.8) is 0 Å². The van der Waals surface area contributed by atoms with E-state index in [1.807, 2.05) is 42.6 Å². The number of aromatic carboxylic acids is 1. The fraction of sp³-hybridized carbons (Fsp3) is 0.0714. The highest BCUT2D eigenvalue weighted by Crippen LogP contribution is 2.08. The Labute approximate surface area is 114 Å². The lowest BCUT2D eigenvalue weighted by molar-refractivity contribution is 0.0689. The maximum absolute atomic E-state index is 10.8. The van der Waals surface area contributed by atoms with Crippen molar-refractivity contribution >= 4 is 5.97 Å². The average molecular weight is 268 g/mol. The normalized spacial score (nSPS) is 10.6.